The molecule has 1 N–H and O–H groups in total. The Bertz CT molecular complexity index is 910. The number of aromatic amines is 1. The SMILES string of the molecule is Cn1c(=O)[nH]c(=O)c2c(-c3ccc(F)cc3)ccnc21. The lowest BCUT2D eigenvalue weighted by Gasteiger charge is -2.07. The molecular formula is C14H10FN3O2. The van der Waals surface area contributed by atoms with E-state index >= 15 is 0 Å². The molecular weight excluding hydrogens is 261 g/mol. The van der Waals surface area contributed by atoms with Gasteiger partial charge in [0.2, 0.25) is 0 Å². The summed E-state index contributed by atoms with van der Waals surface area (Å²) in [5.41, 5.74) is 0.553. The van der Waals surface area contributed by atoms with Gasteiger partial charge in [-0.1, -0.05) is 12.1 Å². The van der Waals surface area contributed by atoms with Crippen molar-refractivity contribution in [2.45, 2.75) is 0 Å². The van der Waals surface area contributed by atoms with E-state index in [0.29, 0.717) is 22.2 Å². The molecule has 0 radical (unpaired) electrons. The van der Waals surface area contributed by atoms with Gasteiger partial charge in [-0.3, -0.25) is 14.3 Å². The van der Waals surface area contributed by atoms with Crippen LogP contribution in [0.1, 0.15) is 0 Å². The van der Waals surface area contributed by atoms with Gasteiger partial charge >= 0.3 is 5.69 Å². The van der Waals surface area contributed by atoms with Gasteiger partial charge in [0, 0.05) is 13.2 Å². The number of hydrogen-bond donors (Lipinski definition) is 1. The van der Waals surface area contributed by atoms with Crippen LogP contribution in [0, 0.1) is 5.82 Å². The van der Waals surface area contributed by atoms with E-state index in [2.05, 4.69) is 9.97 Å². The summed E-state index contributed by atoms with van der Waals surface area (Å²) in [5, 5.41) is 0.307. The van der Waals surface area contributed by atoms with Crippen molar-refractivity contribution in [3.05, 3.63) is 63.2 Å². The van der Waals surface area contributed by atoms with Crippen LogP contribution < -0.4 is 11.2 Å². The van der Waals surface area contributed by atoms with Crippen LogP contribution in [0.2, 0.25) is 0 Å². The minimum atomic E-state index is -0.522. The number of halogens is 1. The number of benzene rings is 1. The van der Waals surface area contributed by atoms with Gasteiger partial charge in [0.25, 0.3) is 5.56 Å². The average Bonchev–Trinajstić information content (AvgIpc) is 2.45. The Kier molecular flexibility index (Phi) is 2.71. The van der Waals surface area contributed by atoms with Gasteiger partial charge in [0.15, 0.2) is 0 Å². The fourth-order valence-corrected chi connectivity index (χ4v) is 2.14. The molecule has 0 spiro atoms. The van der Waals surface area contributed by atoms with Gasteiger partial charge in [0.05, 0.1) is 5.39 Å². The highest BCUT2D eigenvalue weighted by molar-refractivity contribution is 5.91. The number of aromatic nitrogens is 3. The first kappa shape index (κ1) is 12.3. The highest BCUT2D eigenvalue weighted by Crippen LogP contribution is 2.24. The van der Waals surface area contributed by atoms with E-state index in [-0.39, 0.29) is 5.82 Å². The number of nitrogens with one attached hydrogen (secondary N) is 1. The Morgan fingerprint density at radius 1 is 1.15 bits per heavy atom. The van der Waals surface area contributed by atoms with Crippen molar-refractivity contribution in [3.63, 3.8) is 0 Å². The van der Waals surface area contributed by atoms with E-state index in [4.69, 9.17) is 0 Å². The van der Waals surface area contributed by atoms with Crippen LogP contribution in [0.5, 0.6) is 0 Å². The normalized spacial score (nSPS) is 10.9. The summed E-state index contributed by atoms with van der Waals surface area (Å²) in [4.78, 5) is 29.9. The van der Waals surface area contributed by atoms with Gasteiger partial charge in [-0.05, 0) is 29.3 Å². The molecule has 0 amide bonds. The zero-order chi connectivity index (χ0) is 14.3. The van der Waals surface area contributed by atoms with Crippen LogP contribution in [0.15, 0.2) is 46.1 Å². The molecule has 0 saturated carbocycles. The first-order valence-corrected chi connectivity index (χ1v) is 5.92. The quantitative estimate of drug-likeness (QED) is 0.728. The third-order valence-corrected chi connectivity index (χ3v) is 3.16. The number of H-pyrrole nitrogens is 1. The molecule has 0 bridgehead atoms. The lowest BCUT2D eigenvalue weighted by atomic mass is 10.0. The second-order valence-corrected chi connectivity index (χ2v) is 4.38. The van der Waals surface area contributed by atoms with Gasteiger partial charge in [-0.15, -0.1) is 0 Å². The Labute approximate surface area is 112 Å². The lowest BCUT2D eigenvalue weighted by Crippen LogP contribution is -2.29. The van der Waals surface area contributed by atoms with Crippen LogP contribution in [0.3, 0.4) is 0 Å². The van der Waals surface area contributed by atoms with Crippen LogP contribution in [0.25, 0.3) is 22.2 Å². The van der Waals surface area contributed by atoms with Crippen LogP contribution in [0.4, 0.5) is 4.39 Å². The Morgan fingerprint density at radius 2 is 1.85 bits per heavy atom. The second kappa shape index (κ2) is 4.41. The summed E-state index contributed by atoms with van der Waals surface area (Å²) in [7, 11) is 1.53. The zero-order valence-corrected chi connectivity index (χ0v) is 10.6. The van der Waals surface area contributed by atoms with E-state index in [1.54, 1.807) is 18.2 Å². The molecule has 6 heteroatoms. The first-order chi connectivity index (χ1) is 9.58. The summed E-state index contributed by atoms with van der Waals surface area (Å²) in [5.74, 6) is -0.353. The summed E-state index contributed by atoms with van der Waals surface area (Å²) in [6.45, 7) is 0. The van der Waals surface area contributed by atoms with Gasteiger partial charge in [-0.2, -0.15) is 0 Å². The summed E-state index contributed by atoms with van der Waals surface area (Å²) in [6, 6.07) is 7.45. The van der Waals surface area contributed by atoms with E-state index < -0.39 is 11.2 Å². The lowest BCUT2D eigenvalue weighted by molar-refractivity contribution is 0.628. The predicted octanol–water partition coefficient (Wildman–Crippen LogP) is 1.43. The summed E-state index contributed by atoms with van der Waals surface area (Å²) in [6.07, 6.45) is 1.51. The summed E-state index contributed by atoms with van der Waals surface area (Å²) >= 11 is 0. The van der Waals surface area contributed by atoms with Crippen molar-refractivity contribution >= 4 is 11.0 Å². The molecule has 0 atom stereocenters. The predicted molar refractivity (Wildman–Crippen MR) is 73.0 cm³/mol. The molecule has 100 valence electrons. The molecule has 0 aliphatic rings. The van der Waals surface area contributed by atoms with Gasteiger partial charge in [0.1, 0.15) is 11.5 Å². The standard InChI is InChI=1S/C14H10FN3O2/c1-18-12-11(13(19)17-14(18)20)10(6-7-16-12)8-2-4-9(15)5-3-8/h2-7H,1H3,(H,17,19,20). The number of nitrogens with zero attached hydrogens (tertiary/aromatic N) is 2. The Morgan fingerprint density at radius 3 is 2.55 bits per heavy atom. The van der Waals surface area contributed by atoms with E-state index in [9.17, 15) is 14.0 Å². The van der Waals surface area contributed by atoms with Gasteiger partial charge < -0.3 is 0 Å². The molecule has 5 nitrogen and oxygen atoms in total. The molecule has 20 heavy (non-hydrogen) atoms. The van der Waals surface area contributed by atoms with Crippen molar-refractivity contribution in [1.29, 1.82) is 0 Å². The third-order valence-electron chi connectivity index (χ3n) is 3.16. The highest BCUT2D eigenvalue weighted by Gasteiger charge is 2.11. The number of fused-ring (bicyclic) bond motifs is 1. The minimum Gasteiger partial charge on any atom is -0.281 e. The third kappa shape index (κ3) is 1.82. The van der Waals surface area contributed by atoms with Crippen LogP contribution in [-0.4, -0.2) is 14.5 Å². The first-order valence-electron chi connectivity index (χ1n) is 5.92. The molecule has 0 saturated heterocycles. The van der Waals surface area contributed by atoms with Crippen molar-refractivity contribution in [2.24, 2.45) is 7.05 Å². The largest absolute Gasteiger partial charge is 0.329 e. The number of pyridine rings is 1. The van der Waals surface area contributed by atoms with E-state index in [1.807, 2.05) is 0 Å². The molecule has 3 aromatic rings. The maximum atomic E-state index is 13.0. The Hall–Kier alpha value is -2.76. The number of aryl methyl sites for hydroxylation is 1. The minimum absolute atomic E-state index is 0.292. The van der Waals surface area contributed by atoms with Gasteiger partial charge in [-0.25, -0.2) is 14.2 Å². The topological polar surface area (TPSA) is 67.8 Å². The van der Waals surface area contributed by atoms with Crippen molar-refractivity contribution in [2.75, 3.05) is 0 Å². The maximum Gasteiger partial charge on any atom is 0.329 e. The van der Waals surface area contributed by atoms with Crippen LogP contribution in [-0.2, 0) is 7.05 Å². The molecule has 0 fully saturated rings. The van der Waals surface area contributed by atoms with Crippen molar-refractivity contribution in [3.8, 4) is 11.1 Å². The fourth-order valence-electron chi connectivity index (χ4n) is 2.14. The molecule has 1 aromatic carbocycles. The van der Waals surface area contributed by atoms with Crippen molar-refractivity contribution < 1.29 is 4.39 Å². The highest BCUT2D eigenvalue weighted by atomic mass is 19.1. The molecule has 0 aliphatic heterocycles. The van der Waals surface area contributed by atoms with Crippen LogP contribution >= 0.6 is 0 Å². The summed E-state index contributed by atoms with van der Waals surface area (Å²) < 4.78 is 14.3. The van der Waals surface area contributed by atoms with E-state index in [0.717, 1.165) is 0 Å². The molecule has 2 heterocycles. The maximum absolute atomic E-state index is 13.0. The fraction of sp³-hybridized carbons (Fsp3) is 0.0714. The number of rotatable bonds is 1. The average molecular weight is 271 g/mol. The smallest absolute Gasteiger partial charge is 0.281 e. The zero-order valence-electron chi connectivity index (χ0n) is 10.6. The number of hydrogen-bond acceptors (Lipinski definition) is 3. The Balaban J connectivity index is 2.44. The second-order valence-electron chi connectivity index (χ2n) is 4.38. The van der Waals surface area contributed by atoms with Crippen molar-refractivity contribution in [1.82, 2.24) is 14.5 Å². The monoisotopic (exact) mass is 271 g/mol. The molecule has 0 unspecified atom stereocenters. The van der Waals surface area contributed by atoms with E-state index in [1.165, 1.54) is 29.9 Å². The molecule has 2 aromatic heterocycles. The molecule has 0 aliphatic carbocycles. The molecule has 3 rings (SSSR count).